The number of carbonyl (C=O) groups is 1. The van der Waals surface area contributed by atoms with E-state index in [4.69, 9.17) is 4.74 Å². The van der Waals surface area contributed by atoms with Crippen molar-refractivity contribution in [3.63, 3.8) is 0 Å². The van der Waals surface area contributed by atoms with Gasteiger partial charge in [-0.2, -0.15) is 0 Å². The summed E-state index contributed by atoms with van der Waals surface area (Å²) in [6, 6.07) is 0. The first kappa shape index (κ1) is 24.9. The van der Waals surface area contributed by atoms with E-state index in [1.54, 1.807) is 6.92 Å². The van der Waals surface area contributed by atoms with Crippen LogP contribution in [0, 0.1) is 29.1 Å². The number of halogens is 5. The Kier molecular flexibility index (Phi) is 12.4. The van der Waals surface area contributed by atoms with Gasteiger partial charge in [-0.25, -0.2) is 22.0 Å². The molecule has 1 rings (SSSR count). The monoisotopic (exact) mass is 426 g/mol. The predicted molar refractivity (Wildman–Crippen MR) is 101 cm³/mol. The van der Waals surface area contributed by atoms with Gasteiger partial charge in [0.2, 0.25) is 5.82 Å². The van der Waals surface area contributed by atoms with Crippen molar-refractivity contribution in [1.29, 1.82) is 0 Å². The summed E-state index contributed by atoms with van der Waals surface area (Å²) in [4.78, 5) is 10.8. The van der Waals surface area contributed by atoms with E-state index in [0.717, 1.165) is 57.1 Å². The normalized spacial score (nSPS) is 11.2. The van der Waals surface area contributed by atoms with Crippen molar-refractivity contribution in [2.75, 3.05) is 12.4 Å². The average molecular weight is 426 g/mol. The van der Waals surface area contributed by atoms with Crippen LogP contribution in [0.4, 0.5) is 22.0 Å². The van der Waals surface area contributed by atoms with E-state index < -0.39 is 41.3 Å². The Morgan fingerprint density at radius 1 is 0.714 bits per heavy atom. The van der Waals surface area contributed by atoms with Gasteiger partial charge in [-0.05, 0) is 12.8 Å². The molecule has 2 nitrogen and oxygen atoms in total. The van der Waals surface area contributed by atoms with Gasteiger partial charge in [0.05, 0.1) is 12.2 Å². The molecule has 0 aliphatic heterocycles. The van der Waals surface area contributed by atoms with Crippen molar-refractivity contribution >= 4 is 16.9 Å². The maximum Gasteiger partial charge on any atom is 0.200 e. The number of hydrogen-bond acceptors (Lipinski definition) is 3. The molecule has 0 saturated heterocycles. The van der Waals surface area contributed by atoms with Crippen LogP contribution in [-0.4, -0.2) is 17.5 Å². The second-order valence-electron chi connectivity index (χ2n) is 6.62. The number of ether oxygens (including phenoxy) is 1. The molecule has 0 aromatic heterocycles. The molecule has 8 heteroatoms. The summed E-state index contributed by atoms with van der Waals surface area (Å²) in [6.45, 7) is 1.13. The number of rotatable bonds is 14. The van der Waals surface area contributed by atoms with Gasteiger partial charge in [-0.1, -0.05) is 56.7 Å². The third kappa shape index (κ3) is 8.90. The molecule has 0 spiro atoms. The Bertz CT molecular complexity index is 596. The van der Waals surface area contributed by atoms with Gasteiger partial charge in [0.25, 0.3) is 0 Å². The van der Waals surface area contributed by atoms with Gasteiger partial charge in [-0.15, -0.1) is 0 Å². The van der Waals surface area contributed by atoms with E-state index in [0.29, 0.717) is 6.42 Å². The van der Waals surface area contributed by atoms with E-state index in [-0.39, 0.29) is 11.7 Å². The first-order valence-corrected chi connectivity index (χ1v) is 10.6. The van der Waals surface area contributed by atoms with Crippen LogP contribution >= 0.6 is 11.8 Å². The number of carbonyl (C=O) groups excluding carboxylic acids is 1. The third-order valence-corrected chi connectivity index (χ3v) is 5.18. The van der Waals surface area contributed by atoms with Gasteiger partial charge in [0.1, 0.15) is 0 Å². The highest BCUT2D eigenvalue weighted by Crippen LogP contribution is 2.23. The van der Waals surface area contributed by atoms with Crippen LogP contribution in [0.15, 0.2) is 0 Å². The van der Waals surface area contributed by atoms with Crippen molar-refractivity contribution in [1.82, 2.24) is 0 Å². The van der Waals surface area contributed by atoms with Gasteiger partial charge in [0.15, 0.2) is 28.4 Å². The molecule has 1 aromatic rings. The van der Waals surface area contributed by atoms with E-state index in [1.807, 2.05) is 0 Å². The molecule has 0 aliphatic carbocycles. The standard InChI is InChI=1S/C20H27F5O2S/c1-14(26)28-12-10-8-6-4-2-3-5-7-9-11-27-13-15-16(21)18(23)20(25)19(24)17(15)22/h2-13H2,1H3. The lowest BCUT2D eigenvalue weighted by molar-refractivity contribution is -0.109. The minimum atomic E-state index is -2.16. The van der Waals surface area contributed by atoms with E-state index in [1.165, 1.54) is 11.8 Å². The minimum absolute atomic E-state index is 0.163. The van der Waals surface area contributed by atoms with Crippen LogP contribution < -0.4 is 0 Å². The molecular formula is C20H27F5O2S. The maximum absolute atomic E-state index is 13.5. The summed E-state index contributed by atoms with van der Waals surface area (Å²) in [5, 5.41) is 0.163. The Hall–Kier alpha value is -1.15. The predicted octanol–water partition coefficient (Wildman–Crippen LogP) is 6.69. The summed E-state index contributed by atoms with van der Waals surface area (Å²) in [5.41, 5.74) is -0.932. The number of hydrogen-bond donors (Lipinski definition) is 0. The summed E-state index contributed by atoms with van der Waals surface area (Å²) < 4.78 is 71.1. The molecule has 0 N–H and O–H groups in total. The largest absolute Gasteiger partial charge is 0.377 e. The Morgan fingerprint density at radius 3 is 1.64 bits per heavy atom. The van der Waals surface area contributed by atoms with Crippen molar-refractivity contribution in [3.8, 4) is 0 Å². The minimum Gasteiger partial charge on any atom is -0.377 e. The van der Waals surface area contributed by atoms with Crippen molar-refractivity contribution in [3.05, 3.63) is 34.6 Å². The fraction of sp³-hybridized carbons (Fsp3) is 0.650. The molecule has 0 saturated carbocycles. The molecule has 0 atom stereocenters. The third-order valence-electron chi connectivity index (χ3n) is 4.29. The van der Waals surface area contributed by atoms with Gasteiger partial charge in [0, 0.05) is 19.3 Å². The highest BCUT2D eigenvalue weighted by molar-refractivity contribution is 8.13. The van der Waals surface area contributed by atoms with E-state index in [2.05, 4.69) is 0 Å². The summed E-state index contributed by atoms with van der Waals surface area (Å²) >= 11 is 1.37. The molecule has 0 heterocycles. The molecular weight excluding hydrogens is 399 g/mol. The van der Waals surface area contributed by atoms with Crippen LogP contribution in [0.5, 0.6) is 0 Å². The first-order chi connectivity index (χ1) is 13.4. The lowest BCUT2D eigenvalue weighted by atomic mass is 10.1. The Morgan fingerprint density at radius 2 is 1.14 bits per heavy atom. The van der Waals surface area contributed by atoms with Gasteiger partial charge < -0.3 is 4.74 Å². The summed E-state index contributed by atoms with van der Waals surface area (Å²) in [5.74, 6) is -8.84. The number of benzene rings is 1. The fourth-order valence-electron chi connectivity index (χ4n) is 2.71. The highest BCUT2D eigenvalue weighted by atomic mass is 32.2. The molecule has 1 aromatic carbocycles. The molecule has 0 radical (unpaired) electrons. The highest BCUT2D eigenvalue weighted by Gasteiger charge is 2.25. The van der Waals surface area contributed by atoms with Crippen molar-refractivity contribution in [2.24, 2.45) is 0 Å². The smallest absolute Gasteiger partial charge is 0.200 e. The lowest BCUT2D eigenvalue weighted by Crippen LogP contribution is -2.09. The SMILES string of the molecule is CC(=O)SCCCCCCCCCCCOCc1c(F)c(F)c(F)c(F)c1F. The molecule has 0 fully saturated rings. The van der Waals surface area contributed by atoms with Gasteiger partial charge in [-0.3, -0.25) is 4.79 Å². The van der Waals surface area contributed by atoms with Crippen molar-refractivity contribution < 1.29 is 31.5 Å². The number of unbranched alkanes of at least 4 members (excludes halogenated alkanes) is 8. The number of thioether (sulfide) groups is 1. The zero-order valence-electron chi connectivity index (χ0n) is 16.1. The van der Waals surface area contributed by atoms with Crippen LogP contribution in [0.2, 0.25) is 0 Å². The van der Waals surface area contributed by atoms with Gasteiger partial charge >= 0.3 is 0 Å². The topological polar surface area (TPSA) is 26.3 Å². The molecule has 0 unspecified atom stereocenters. The maximum atomic E-state index is 13.5. The van der Waals surface area contributed by atoms with Crippen LogP contribution in [0.25, 0.3) is 0 Å². The second-order valence-corrected chi connectivity index (χ2v) is 7.89. The van der Waals surface area contributed by atoms with Crippen LogP contribution in [0.1, 0.15) is 70.3 Å². The quantitative estimate of drug-likeness (QED) is 0.143. The zero-order chi connectivity index (χ0) is 20.9. The molecule has 28 heavy (non-hydrogen) atoms. The first-order valence-electron chi connectivity index (χ1n) is 9.57. The van der Waals surface area contributed by atoms with E-state index in [9.17, 15) is 26.7 Å². The summed E-state index contributed by atoms with van der Waals surface area (Å²) in [7, 11) is 0. The second kappa shape index (κ2) is 13.9. The Labute approximate surface area is 167 Å². The summed E-state index contributed by atoms with van der Waals surface area (Å²) in [6.07, 6.45) is 9.27. The molecule has 0 aliphatic rings. The molecule has 0 amide bonds. The van der Waals surface area contributed by atoms with Crippen LogP contribution in [-0.2, 0) is 16.1 Å². The fourth-order valence-corrected chi connectivity index (χ4v) is 3.35. The average Bonchev–Trinajstić information content (AvgIpc) is 2.67. The van der Waals surface area contributed by atoms with E-state index >= 15 is 0 Å². The lowest BCUT2D eigenvalue weighted by Gasteiger charge is -2.09. The molecule has 160 valence electrons. The Balaban J connectivity index is 2.04. The van der Waals surface area contributed by atoms with Crippen LogP contribution in [0.3, 0.4) is 0 Å². The zero-order valence-corrected chi connectivity index (χ0v) is 16.9. The van der Waals surface area contributed by atoms with Crippen molar-refractivity contribution in [2.45, 2.75) is 71.3 Å². The molecule has 0 bridgehead atoms.